The van der Waals surface area contributed by atoms with Crippen LogP contribution in [-0.4, -0.2) is 47.8 Å². The normalized spacial score (nSPS) is 11.6. The third-order valence-electron chi connectivity index (χ3n) is 5.94. The third kappa shape index (κ3) is 6.80. The van der Waals surface area contributed by atoms with Gasteiger partial charge in [0.15, 0.2) is 5.69 Å². The van der Waals surface area contributed by atoms with Crippen LogP contribution < -0.4 is 26.3 Å². The predicted molar refractivity (Wildman–Crippen MR) is 146 cm³/mol. The Hall–Kier alpha value is -4.12. The molecule has 1 heterocycles. The molecule has 2 aromatic carbocycles. The lowest BCUT2D eigenvalue weighted by Gasteiger charge is -2.31. The van der Waals surface area contributed by atoms with E-state index >= 15 is 0 Å². The fraction of sp³-hybridized carbons (Fsp3) is 0.333. The molecule has 10 nitrogen and oxygen atoms in total. The molecular weight excluding hydrogens is 506 g/mol. The zero-order valence-electron chi connectivity index (χ0n) is 21.9. The highest BCUT2D eigenvalue weighted by Crippen LogP contribution is 2.31. The van der Waals surface area contributed by atoms with Crippen LogP contribution in [0.25, 0.3) is 0 Å². The Morgan fingerprint density at radius 3 is 2.08 bits per heavy atom. The van der Waals surface area contributed by atoms with Crippen molar-refractivity contribution in [1.82, 2.24) is 14.6 Å². The van der Waals surface area contributed by atoms with Gasteiger partial charge in [0.1, 0.15) is 22.4 Å². The number of methoxy groups -OCH3 is 2. The Bertz CT molecular complexity index is 1260. The van der Waals surface area contributed by atoms with Gasteiger partial charge < -0.3 is 31.2 Å². The van der Waals surface area contributed by atoms with Gasteiger partial charge in [-0.2, -0.15) is 4.37 Å². The zero-order chi connectivity index (χ0) is 27.8. The highest BCUT2D eigenvalue weighted by molar-refractivity contribution is 7.09. The van der Waals surface area contributed by atoms with E-state index in [0.29, 0.717) is 29.5 Å². The first-order chi connectivity index (χ1) is 18.2. The number of nitrogens with one attached hydrogen (secondary N) is 1. The van der Waals surface area contributed by atoms with Crippen molar-refractivity contribution < 1.29 is 23.9 Å². The molecule has 3 rings (SSSR count). The van der Waals surface area contributed by atoms with Gasteiger partial charge >= 0.3 is 0 Å². The Morgan fingerprint density at radius 1 is 1.00 bits per heavy atom. The maximum Gasteiger partial charge on any atom is 0.270 e. The quantitative estimate of drug-likeness (QED) is 0.319. The molecule has 0 saturated carbocycles. The van der Waals surface area contributed by atoms with Gasteiger partial charge in [-0.15, -0.1) is 0 Å². The molecule has 0 fully saturated rings. The number of benzene rings is 2. The van der Waals surface area contributed by atoms with Crippen LogP contribution in [0.3, 0.4) is 0 Å². The molecule has 202 valence electrons. The van der Waals surface area contributed by atoms with Crippen molar-refractivity contribution in [1.29, 1.82) is 0 Å². The molecule has 3 aromatic rings. The fourth-order valence-electron chi connectivity index (χ4n) is 3.81. The number of nitrogen functional groups attached to an aromatic ring is 1. The Kier molecular flexibility index (Phi) is 9.66. The van der Waals surface area contributed by atoms with E-state index in [-0.39, 0.29) is 28.7 Å². The molecule has 0 aliphatic heterocycles. The minimum absolute atomic E-state index is 0.0285. The van der Waals surface area contributed by atoms with Crippen molar-refractivity contribution in [2.45, 2.75) is 32.9 Å². The van der Waals surface area contributed by atoms with Gasteiger partial charge in [-0.05, 0) is 59.3 Å². The average molecular weight is 540 g/mol. The molecule has 0 radical (unpaired) electrons. The molecule has 1 unspecified atom stereocenters. The molecule has 11 heteroatoms. The van der Waals surface area contributed by atoms with Gasteiger partial charge in [0.25, 0.3) is 11.8 Å². The number of aromatic nitrogens is 1. The van der Waals surface area contributed by atoms with Crippen LogP contribution in [0.4, 0.5) is 5.69 Å². The fourth-order valence-corrected chi connectivity index (χ4v) is 4.57. The molecule has 0 aliphatic rings. The standard InChI is InChI=1S/C27H33N5O5S/c1-16(2)13-14-30-26(34)23(18-7-11-20(37-4)12-8-18)32(15-17-5-9-19(36-3)10-6-17)27(35)24-21(28)22(25(29)33)31-38-24/h5-12,16,23H,13-15,28H2,1-4H3,(H2,29,33)(H,30,34). The monoisotopic (exact) mass is 539 g/mol. The lowest BCUT2D eigenvalue weighted by atomic mass is 10.0. The van der Waals surface area contributed by atoms with Crippen LogP contribution in [0.1, 0.15) is 57.6 Å². The molecule has 1 aromatic heterocycles. The summed E-state index contributed by atoms with van der Waals surface area (Å²) in [5.74, 6) is -0.0891. The Labute approximate surface area is 226 Å². The minimum atomic E-state index is -1.01. The summed E-state index contributed by atoms with van der Waals surface area (Å²) in [4.78, 5) is 40.9. The number of amides is 3. The van der Waals surface area contributed by atoms with E-state index in [1.54, 1.807) is 50.6 Å². The van der Waals surface area contributed by atoms with Crippen molar-refractivity contribution in [3.05, 3.63) is 70.2 Å². The summed E-state index contributed by atoms with van der Waals surface area (Å²) < 4.78 is 14.5. The van der Waals surface area contributed by atoms with Crippen LogP contribution in [0, 0.1) is 5.92 Å². The van der Waals surface area contributed by atoms with Gasteiger partial charge in [0.2, 0.25) is 5.91 Å². The number of primary amides is 1. The summed E-state index contributed by atoms with van der Waals surface area (Å²) in [6.07, 6.45) is 0.775. The van der Waals surface area contributed by atoms with Gasteiger partial charge in [-0.25, -0.2) is 0 Å². The number of hydrogen-bond acceptors (Lipinski definition) is 8. The first-order valence-electron chi connectivity index (χ1n) is 12.1. The number of carbonyl (C=O) groups excluding carboxylic acids is 3. The van der Waals surface area contributed by atoms with Crippen molar-refractivity contribution >= 4 is 34.9 Å². The number of nitrogens with zero attached hydrogens (tertiary/aromatic N) is 2. The van der Waals surface area contributed by atoms with E-state index in [9.17, 15) is 14.4 Å². The largest absolute Gasteiger partial charge is 0.497 e. The highest BCUT2D eigenvalue weighted by Gasteiger charge is 2.35. The number of carbonyl (C=O) groups is 3. The van der Waals surface area contributed by atoms with Crippen molar-refractivity contribution in [2.24, 2.45) is 11.7 Å². The SMILES string of the molecule is COc1ccc(CN(C(=O)c2snc(C(N)=O)c2N)C(C(=O)NCCC(C)C)c2ccc(OC)cc2)cc1. The first-order valence-corrected chi connectivity index (χ1v) is 12.8. The Balaban J connectivity index is 2.09. The van der Waals surface area contributed by atoms with E-state index in [0.717, 1.165) is 23.5 Å². The van der Waals surface area contributed by atoms with Gasteiger partial charge in [-0.3, -0.25) is 14.4 Å². The van der Waals surface area contributed by atoms with Crippen molar-refractivity contribution in [2.75, 3.05) is 26.5 Å². The summed E-state index contributed by atoms with van der Waals surface area (Å²) in [6, 6.07) is 13.1. The molecule has 0 aliphatic carbocycles. The number of anilines is 1. The summed E-state index contributed by atoms with van der Waals surface area (Å²) in [5, 5.41) is 2.97. The van der Waals surface area contributed by atoms with Gasteiger partial charge in [0, 0.05) is 13.1 Å². The third-order valence-corrected chi connectivity index (χ3v) is 6.79. The second-order valence-corrected chi connectivity index (χ2v) is 9.84. The minimum Gasteiger partial charge on any atom is -0.497 e. The van der Waals surface area contributed by atoms with Crippen molar-refractivity contribution in [3.63, 3.8) is 0 Å². The van der Waals surface area contributed by atoms with E-state index < -0.39 is 17.9 Å². The Morgan fingerprint density at radius 2 is 1.58 bits per heavy atom. The maximum atomic E-state index is 14.0. The topological polar surface area (TPSA) is 150 Å². The molecule has 1 atom stereocenters. The van der Waals surface area contributed by atoms with Gasteiger partial charge in [0.05, 0.1) is 19.9 Å². The number of rotatable bonds is 12. The first kappa shape index (κ1) is 28.5. The van der Waals surface area contributed by atoms with Crippen LogP contribution in [-0.2, 0) is 11.3 Å². The van der Waals surface area contributed by atoms with Gasteiger partial charge in [-0.1, -0.05) is 38.1 Å². The lowest BCUT2D eigenvalue weighted by Crippen LogP contribution is -2.43. The number of ether oxygens (including phenoxy) is 2. The molecule has 5 N–H and O–H groups in total. The van der Waals surface area contributed by atoms with E-state index in [2.05, 4.69) is 23.5 Å². The molecular formula is C27H33N5O5S. The molecule has 0 bridgehead atoms. The summed E-state index contributed by atoms with van der Waals surface area (Å²) in [6.45, 7) is 4.65. The average Bonchev–Trinajstić information content (AvgIpc) is 3.30. The molecule has 38 heavy (non-hydrogen) atoms. The lowest BCUT2D eigenvalue weighted by molar-refractivity contribution is -0.126. The van der Waals surface area contributed by atoms with E-state index in [1.807, 2.05) is 12.1 Å². The van der Waals surface area contributed by atoms with Crippen LogP contribution in [0.15, 0.2) is 48.5 Å². The van der Waals surface area contributed by atoms with E-state index in [1.165, 1.54) is 4.90 Å². The summed E-state index contributed by atoms with van der Waals surface area (Å²) >= 11 is 0.771. The highest BCUT2D eigenvalue weighted by atomic mass is 32.1. The van der Waals surface area contributed by atoms with E-state index in [4.69, 9.17) is 20.9 Å². The van der Waals surface area contributed by atoms with Crippen LogP contribution >= 0.6 is 11.5 Å². The zero-order valence-corrected chi connectivity index (χ0v) is 22.7. The number of hydrogen-bond donors (Lipinski definition) is 3. The summed E-state index contributed by atoms with van der Waals surface area (Å²) in [7, 11) is 3.11. The molecule has 3 amide bonds. The van der Waals surface area contributed by atoms with Crippen LogP contribution in [0.5, 0.6) is 11.5 Å². The second kappa shape index (κ2) is 12.9. The predicted octanol–water partition coefficient (Wildman–Crippen LogP) is 3.39. The maximum absolute atomic E-state index is 14.0. The van der Waals surface area contributed by atoms with Crippen LogP contribution in [0.2, 0.25) is 0 Å². The second-order valence-electron chi connectivity index (χ2n) is 9.07. The smallest absolute Gasteiger partial charge is 0.270 e. The van der Waals surface area contributed by atoms with Crippen molar-refractivity contribution in [3.8, 4) is 11.5 Å². The molecule has 0 spiro atoms. The summed E-state index contributed by atoms with van der Waals surface area (Å²) in [5.41, 5.74) is 12.5. The number of nitrogens with two attached hydrogens (primary N) is 2. The molecule has 0 saturated heterocycles.